The first-order chi connectivity index (χ1) is 9.54. The summed E-state index contributed by atoms with van der Waals surface area (Å²) < 4.78 is 6.82. The van der Waals surface area contributed by atoms with Gasteiger partial charge in [-0.25, -0.2) is 4.98 Å². The second-order valence-corrected chi connectivity index (χ2v) is 4.85. The Balaban J connectivity index is 2.16. The molecule has 5 N–H and O–H groups in total. The van der Waals surface area contributed by atoms with Gasteiger partial charge in [-0.3, -0.25) is 9.36 Å². The van der Waals surface area contributed by atoms with Gasteiger partial charge in [0.05, 0.1) is 12.9 Å². The molecule has 9 nitrogen and oxygen atoms in total. The molecule has 3 rings (SSSR count). The summed E-state index contributed by atoms with van der Waals surface area (Å²) in [5, 5.41) is 28.9. The minimum Gasteiger partial charge on any atom is -0.394 e. The lowest BCUT2D eigenvalue weighted by molar-refractivity contribution is -0.0517. The molecular formula is C10H12N4O5S. The molecule has 4 atom stereocenters. The number of nitrogens with one attached hydrogen (secondary N) is 2. The maximum absolute atomic E-state index is 11.6. The number of nitrogens with zero attached hydrogens (tertiary/aromatic N) is 2. The van der Waals surface area contributed by atoms with Crippen molar-refractivity contribution in [2.45, 2.75) is 24.5 Å². The lowest BCUT2D eigenvalue weighted by atomic mass is 10.1. The van der Waals surface area contributed by atoms with Crippen LogP contribution < -0.4 is 5.56 Å². The highest BCUT2D eigenvalue weighted by Crippen LogP contribution is 2.31. The molecule has 0 amide bonds. The lowest BCUT2D eigenvalue weighted by Gasteiger charge is -2.16. The summed E-state index contributed by atoms with van der Waals surface area (Å²) in [6.07, 6.45) is -3.30. The summed E-state index contributed by atoms with van der Waals surface area (Å²) in [5.74, 6) is 0. The van der Waals surface area contributed by atoms with Crippen LogP contribution in [-0.2, 0) is 4.74 Å². The van der Waals surface area contributed by atoms with Crippen LogP contribution in [0.3, 0.4) is 0 Å². The molecular weight excluding hydrogens is 288 g/mol. The number of ether oxygens (including phenoxy) is 1. The van der Waals surface area contributed by atoms with Crippen molar-refractivity contribution >= 4 is 23.4 Å². The van der Waals surface area contributed by atoms with Crippen molar-refractivity contribution in [3.8, 4) is 0 Å². The smallest absolute Gasteiger partial charge is 0.276 e. The van der Waals surface area contributed by atoms with E-state index in [4.69, 9.17) is 22.1 Å². The van der Waals surface area contributed by atoms with Gasteiger partial charge in [-0.2, -0.15) is 0 Å². The first-order valence-corrected chi connectivity index (χ1v) is 6.25. The number of aromatic nitrogens is 4. The average Bonchev–Trinajstić information content (AvgIpc) is 2.90. The van der Waals surface area contributed by atoms with E-state index in [0.717, 1.165) is 0 Å². The van der Waals surface area contributed by atoms with E-state index in [1.54, 1.807) is 0 Å². The molecule has 20 heavy (non-hydrogen) atoms. The zero-order valence-electron chi connectivity index (χ0n) is 10.1. The molecule has 3 heterocycles. The number of imidazole rings is 1. The minimum absolute atomic E-state index is 0.124. The number of H-pyrrole nitrogens is 2. The zero-order chi connectivity index (χ0) is 14.4. The van der Waals surface area contributed by atoms with Crippen LogP contribution in [-0.4, -0.2) is 59.8 Å². The Kier molecular flexibility index (Phi) is 3.18. The molecule has 1 aliphatic heterocycles. The van der Waals surface area contributed by atoms with E-state index >= 15 is 0 Å². The van der Waals surface area contributed by atoms with Crippen LogP contribution in [0.15, 0.2) is 11.1 Å². The molecule has 0 spiro atoms. The van der Waals surface area contributed by atoms with E-state index in [9.17, 15) is 15.0 Å². The van der Waals surface area contributed by atoms with Crippen LogP contribution in [0, 0.1) is 4.77 Å². The molecule has 108 valence electrons. The topological polar surface area (TPSA) is 136 Å². The molecule has 0 aliphatic carbocycles. The zero-order valence-corrected chi connectivity index (χ0v) is 10.9. The van der Waals surface area contributed by atoms with E-state index < -0.39 is 36.7 Å². The Morgan fingerprint density at radius 3 is 2.85 bits per heavy atom. The fourth-order valence-corrected chi connectivity index (χ4v) is 2.57. The van der Waals surface area contributed by atoms with Crippen LogP contribution in [0.2, 0.25) is 0 Å². The summed E-state index contributed by atoms with van der Waals surface area (Å²) in [4.78, 5) is 20.7. The molecule has 0 unspecified atom stereocenters. The molecule has 0 aromatic carbocycles. The number of hydrogen-bond donors (Lipinski definition) is 5. The minimum atomic E-state index is -1.29. The Hall–Kier alpha value is -1.59. The second-order valence-electron chi connectivity index (χ2n) is 4.46. The summed E-state index contributed by atoms with van der Waals surface area (Å²) in [6, 6.07) is 0. The van der Waals surface area contributed by atoms with Gasteiger partial charge in [0, 0.05) is 0 Å². The van der Waals surface area contributed by atoms with E-state index in [-0.39, 0.29) is 15.9 Å². The SMILES string of the molecule is O=c1[nH]cnc2c1[nH]c(=S)n2[C@@H]1O[C@@H](CO)[C@H](O)[C@@H]1O. The number of fused-ring (bicyclic) bond motifs is 1. The van der Waals surface area contributed by atoms with Gasteiger partial charge in [-0.15, -0.1) is 0 Å². The molecule has 10 heteroatoms. The first-order valence-electron chi connectivity index (χ1n) is 5.85. The van der Waals surface area contributed by atoms with Gasteiger partial charge < -0.3 is 30.0 Å². The molecule has 2 aromatic rings. The number of rotatable bonds is 2. The standard InChI is InChI=1S/C10H12N4O5S/c15-1-3-5(16)6(17)9(19-3)14-7-4(13-10(14)20)8(18)12-2-11-7/h2-3,5-6,9,15-17H,1H2,(H,13,20)(H,11,12,18)/t3-,5-,6-,9+/m0/s1. The van der Waals surface area contributed by atoms with Crippen molar-refractivity contribution in [2.75, 3.05) is 6.61 Å². The van der Waals surface area contributed by atoms with Gasteiger partial charge in [0.15, 0.2) is 22.2 Å². The summed E-state index contributed by atoms with van der Waals surface area (Å²) in [5.41, 5.74) is -0.0598. The van der Waals surface area contributed by atoms with Gasteiger partial charge in [-0.05, 0) is 12.2 Å². The number of aromatic amines is 2. The molecule has 0 bridgehead atoms. The molecule has 1 saturated heterocycles. The van der Waals surface area contributed by atoms with Crippen LogP contribution in [0.1, 0.15) is 6.23 Å². The van der Waals surface area contributed by atoms with Crippen molar-refractivity contribution in [3.05, 3.63) is 21.5 Å². The van der Waals surface area contributed by atoms with E-state index in [1.165, 1.54) is 10.9 Å². The summed E-state index contributed by atoms with van der Waals surface area (Å²) >= 11 is 5.10. The van der Waals surface area contributed by atoms with E-state index in [0.29, 0.717) is 0 Å². The molecule has 1 fully saturated rings. The van der Waals surface area contributed by atoms with E-state index in [2.05, 4.69) is 15.0 Å². The number of aliphatic hydroxyl groups excluding tert-OH is 3. The third-order valence-electron chi connectivity index (χ3n) is 3.28. The highest BCUT2D eigenvalue weighted by atomic mass is 32.1. The molecule has 1 aliphatic rings. The molecule has 0 radical (unpaired) electrons. The van der Waals surface area contributed by atoms with Crippen molar-refractivity contribution in [2.24, 2.45) is 0 Å². The van der Waals surface area contributed by atoms with Gasteiger partial charge in [0.2, 0.25) is 0 Å². The van der Waals surface area contributed by atoms with E-state index in [1.807, 2.05) is 0 Å². The normalized spacial score (nSPS) is 30.1. The maximum atomic E-state index is 11.6. The third kappa shape index (κ3) is 1.81. The highest BCUT2D eigenvalue weighted by Gasteiger charge is 2.44. The fraction of sp³-hybridized carbons (Fsp3) is 0.500. The van der Waals surface area contributed by atoms with Gasteiger partial charge in [-0.1, -0.05) is 0 Å². The summed E-state index contributed by atoms with van der Waals surface area (Å²) in [7, 11) is 0. The van der Waals surface area contributed by atoms with Crippen LogP contribution in [0.5, 0.6) is 0 Å². The Morgan fingerprint density at radius 2 is 2.20 bits per heavy atom. The largest absolute Gasteiger partial charge is 0.394 e. The van der Waals surface area contributed by atoms with Crippen LogP contribution in [0.25, 0.3) is 11.2 Å². The Morgan fingerprint density at radius 1 is 1.45 bits per heavy atom. The van der Waals surface area contributed by atoms with Gasteiger partial charge in [0.25, 0.3) is 5.56 Å². The van der Waals surface area contributed by atoms with Crippen molar-refractivity contribution in [1.82, 2.24) is 19.5 Å². The molecule has 2 aromatic heterocycles. The quantitative estimate of drug-likeness (QED) is 0.421. The van der Waals surface area contributed by atoms with Crippen LogP contribution in [0.4, 0.5) is 0 Å². The second kappa shape index (κ2) is 4.75. The predicted molar refractivity (Wildman–Crippen MR) is 68.5 cm³/mol. The Bertz CT molecular complexity index is 752. The Labute approximate surface area is 116 Å². The average molecular weight is 300 g/mol. The lowest BCUT2D eigenvalue weighted by Crippen LogP contribution is -2.33. The fourth-order valence-electron chi connectivity index (χ4n) is 2.28. The third-order valence-corrected chi connectivity index (χ3v) is 3.58. The number of hydrogen-bond acceptors (Lipinski definition) is 7. The van der Waals surface area contributed by atoms with Gasteiger partial charge in [0.1, 0.15) is 18.3 Å². The van der Waals surface area contributed by atoms with Crippen molar-refractivity contribution in [1.29, 1.82) is 0 Å². The highest BCUT2D eigenvalue weighted by molar-refractivity contribution is 7.71. The maximum Gasteiger partial charge on any atom is 0.276 e. The van der Waals surface area contributed by atoms with Gasteiger partial charge >= 0.3 is 0 Å². The predicted octanol–water partition coefficient (Wildman–Crippen LogP) is -1.61. The number of aliphatic hydroxyl groups is 3. The first kappa shape index (κ1) is 13.4. The van der Waals surface area contributed by atoms with Crippen molar-refractivity contribution < 1.29 is 20.1 Å². The van der Waals surface area contributed by atoms with Crippen molar-refractivity contribution in [3.63, 3.8) is 0 Å². The van der Waals surface area contributed by atoms with Crippen LogP contribution >= 0.6 is 12.2 Å². The monoisotopic (exact) mass is 300 g/mol. The summed E-state index contributed by atoms with van der Waals surface area (Å²) in [6.45, 7) is -0.446. The molecule has 0 saturated carbocycles.